The summed E-state index contributed by atoms with van der Waals surface area (Å²) in [5, 5.41) is 12.2. The van der Waals surface area contributed by atoms with E-state index in [4.69, 9.17) is 9.84 Å². The molecule has 0 aliphatic heterocycles. The minimum atomic E-state index is -0.844. The first kappa shape index (κ1) is 13.7. The molecule has 0 bridgehead atoms. The second-order valence-corrected chi connectivity index (χ2v) is 3.84. The predicted octanol–water partition coefficient (Wildman–Crippen LogP) is 1.83. The van der Waals surface area contributed by atoms with Crippen molar-refractivity contribution in [3.05, 3.63) is 35.9 Å². The molecule has 2 N–H and O–H groups in total. The summed E-state index contributed by atoms with van der Waals surface area (Å²) in [6.45, 7) is 1.39. The third kappa shape index (κ3) is 4.97. The van der Waals surface area contributed by atoms with E-state index < -0.39 is 12.0 Å². The van der Waals surface area contributed by atoms with Crippen LogP contribution >= 0.6 is 0 Å². The average Bonchev–Trinajstić information content (AvgIpc) is 2.34. The van der Waals surface area contributed by atoms with Crippen LogP contribution in [0.5, 0.6) is 0 Å². The Morgan fingerprint density at radius 3 is 2.65 bits per heavy atom. The molecule has 0 amide bonds. The van der Waals surface area contributed by atoms with Crippen molar-refractivity contribution >= 4 is 5.97 Å². The van der Waals surface area contributed by atoms with Crippen LogP contribution in [-0.4, -0.2) is 31.3 Å². The van der Waals surface area contributed by atoms with Crippen molar-refractivity contribution in [2.45, 2.75) is 18.9 Å². The Bertz CT molecular complexity index is 327. The Morgan fingerprint density at radius 1 is 1.35 bits per heavy atom. The lowest BCUT2D eigenvalue weighted by atomic mass is 10.1. The fourth-order valence-corrected chi connectivity index (χ4v) is 1.61. The predicted molar refractivity (Wildman–Crippen MR) is 65.9 cm³/mol. The zero-order valence-corrected chi connectivity index (χ0v) is 10.1. The summed E-state index contributed by atoms with van der Waals surface area (Å²) in [5.41, 5.74) is 0.784. The molecule has 1 aromatic carbocycles. The van der Waals surface area contributed by atoms with Gasteiger partial charge in [0.05, 0.1) is 0 Å². The minimum absolute atomic E-state index is 0.626. The van der Waals surface area contributed by atoms with Crippen molar-refractivity contribution in [2.75, 3.05) is 20.3 Å². The van der Waals surface area contributed by atoms with Gasteiger partial charge in [0.15, 0.2) is 0 Å². The van der Waals surface area contributed by atoms with E-state index in [0.717, 1.165) is 18.4 Å². The number of ether oxygens (including phenoxy) is 1. The summed E-state index contributed by atoms with van der Waals surface area (Å²) < 4.78 is 4.94. The van der Waals surface area contributed by atoms with Crippen LogP contribution < -0.4 is 5.32 Å². The molecule has 0 radical (unpaired) electrons. The highest BCUT2D eigenvalue weighted by Crippen LogP contribution is 2.12. The topological polar surface area (TPSA) is 58.6 Å². The van der Waals surface area contributed by atoms with Crippen molar-refractivity contribution < 1.29 is 14.6 Å². The van der Waals surface area contributed by atoms with Crippen molar-refractivity contribution in [1.29, 1.82) is 0 Å². The number of rotatable bonds is 8. The molecule has 0 spiro atoms. The van der Waals surface area contributed by atoms with Gasteiger partial charge in [-0.2, -0.15) is 0 Å². The number of hydrogen-bond donors (Lipinski definition) is 2. The van der Waals surface area contributed by atoms with Crippen LogP contribution in [0.25, 0.3) is 0 Å². The van der Waals surface area contributed by atoms with Crippen molar-refractivity contribution in [3.8, 4) is 0 Å². The molecular weight excluding hydrogens is 218 g/mol. The molecule has 0 saturated heterocycles. The normalized spacial score (nSPS) is 12.3. The quantitative estimate of drug-likeness (QED) is 0.677. The number of carbonyl (C=O) groups is 1. The van der Waals surface area contributed by atoms with Gasteiger partial charge in [0, 0.05) is 13.7 Å². The Morgan fingerprint density at radius 2 is 2.06 bits per heavy atom. The molecule has 1 atom stereocenters. The van der Waals surface area contributed by atoms with Gasteiger partial charge in [-0.15, -0.1) is 0 Å². The summed E-state index contributed by atoms with van der Waals surface area (Å²) in [6.07, 6.45) is 1.84. The number of unbranched alkanes of at least 4 members (excludes halogenated alkanes) is 1. The van der Waals surface area contributed by atoms with Gasteiger partial charge in [-0.3, -0.25) is 4.79 Å². The first-order chi connectivity index (χ1) is 8.25. The molecule has 0 saturated carbocycles. The maximum absolute atomic E-state index is 11.1. The fraction of sp³-hybridized carbons (Fsp3) is 0.462. The Hall–Kier alpha value is -1.39. The van der Waals surface area contributed by atoms with E-state index in [0.29, 0.717) is 13.2 Å². The van der Waals surface area contributed by atoms with Crippen molar-refractivity contribution in [2.24, 2.45) is 0 Å². The molecule has 4 nitrogen and oxygen atoms in total. The highest BCUT2D eigenvalue weighted by Gasteiger charge is 2.17. The molecule has 0 aromatic heterocycles. The highest BCUT2D eigenvalue weighted by molar-refractivity contribution is 5.75. The van der Waals surface area contributed by atoms with Gasteiger partial charge in [0.25, 0.3) is 0 Å². The van der Waals surface area contributed by atoms with Gasteiger partial charge in [-0.05, 0) is 24.9 Å². The van der Waals surface area contributed by atoms with Gasteiger partial charge in [0.2, 0.25) is 0 Å². The number of carboxylic acid groups (broad SMARTS) is 1. The standard InChI is InChI=1S/C13H19NO3/c1-17-10-6-5-9-14-12(13(15)16)11-7-3-2-4-8-11/h2-4,7-8,12,14H,5-6,9-10H2,1H3,(H,15,16). The SMILES string of the molecule is COCCCCNC(C(=O)O)c1ccccc1. The summed E-state index contributed by atoms with van der Waals surface area (Å²) in [4.78, 5) is 11.1. The second-order valence-electron chi connectivity index (χ2n) is 3.84. The van der Waals surface area contributed by atoms with Crippen molar-refractivity contribution in [3.63, 3.8) is 0 Å². The minimum Gasteiger partial charge on any atom is -0.480 e. The molecule has 0 heterocycles. The number of aliphatic carboxylic acids is 1. The summed E-state index contributed by atoms with van der Waals surface area (Å²) >= 11 is 0. The third-order valence-electron chi connectivity index (χ3n) is 2.50. The molecular formula is C13H19NO3. The molecule has 17 heavy (non-hydrogen) atoms. The fourth-order valence-electron chi connectivity index (χ4n) is 1.61. The molecule has 0 aliphatic carbocycles. The maximum Gasteiger partial charge on any atom is 0.325 e. The summed E-state index contributed by atoms with van der Waals surface area (Å²) in [5.74, 6) is -0.844. The first-order valence-electron chi connectivity index (χ1n) is 5.75. The van der Waals surface area contributed by atoms with Crippen LogP contribution in [0.15, 0.2) is 30.3 Å². The largest absolute Gasteiger partial charge is 0.480 e. The second kappa shape index (κ2) is 7.81. The zero-order chi connectivity index (χ0) is 12.5. The lowest BCUT2D eigenvalue weighted by Crippen LogP contribution is -2.29. The molecule has 0 aliphatic rings. The molecule has 4 heteroatoms. The number of benzene rings is 1. The molecule has 1 aromatic rings. The molecule has 0 fully saturated rings. The molecule has 94 valence electrons. The van der Waals surface area contributed by atoms with Crippen LogP contribution in [0.4, 0.5) is 0 Å². The summed E-state index contributed by atoms with van der Waals surface area (Å²) in [6, 6.07) is 8.58. The number of nitrogens with one attached hydrogen (secondary N) is 1. The smallest absolute Gasteiger partial charge is 0.325 e. The Labute approximate surface area is 102 Å². The van der Waals surface area contributed by atoms with Gasteiger partial charge < -0.3 is 15.2 Å². The van der Waals surface area contributed by atoms with Gasteiger partial charge in [-0.25, -0.2) is 0 Å². The Balaban J connectivity index is 2.42. The van der Waals surface area contributed by atoms with E-state index in [-0.39, 0.29) is 0 Å². The first-order valence-corrected chi connectivity index (χ1v) is 5.75. The lowest BCUT2D eigenvalue weighted by molar-refractivity contribution is -0.139. The highest BCUT2D eigenvalue weighted by atomic mass is 16.5. The van der Waals surface area contributed by atoms with Crippen LogP contribution in [0, 0.1) is 0 Å². The Kier molecular flexibility index (Phi) is 6.29. The third-order valence-corrected chi connectivity index (χ3v) is 2.50. The van der Waals surface area contributed by atoms with Crippen LogP contribution in [-0.2, 0) is 9.53 Å². The zero-order valence-electron chi connectivity index (χ0n) is 10.1. The van der Waals surface area contributed by atoms with Crippen LogP contribution in [0.2, 0.25) is 0 Å². The average molecular weight is 237 g/mol. The van der Waals surface area contributed by atoms with E-state index in [1.165, 1.54) is 0 Å². The molecule has 1 unspecified atom stereocenters. The van der Waals surface area contributed by atoms with E-state index in [1.807, 2.05) is 30.3 Å². The number of hydrogen-bond acceptors (Lipinski definition) is 3. The van der Waals surface area contributed by atoms with Crippen LogP contribution in [0.1, 0.15) is 24.4 Å². The van der Waals surface area contributed by atoms with E-state index >= 15 is 0 Å². The van der Waals surface area contributed by atoms with Gasteiger partial charge >= 0.3 is 5.97 Å². The van der Waals surface area contributed by atoms with E-state index in [2.05, 4.69) is 5.32 Å². The number of carboxylic acids is 1. The molecule has 1 rings (SSSR count). The van der Waals surface area contributed by atoms with Gasteiger partial charge in [0.1, 0.15) is 6.04 Å². The van der Waals surface area contributed by atoms with Crippen molar-refractivity contribution in [1.82, 2.24) is 5.32 Å². The lowest BCUT2D eigenvalue weighted by Gasteiger charge is -2.14. The van der Waals surface area contributed by atoms with Gasteiger partial charge in [-0.1, -0.05) is 30.3 Å². The van der Waals surface area contributed by atoms with E-state index in [9.17, 15) is 4.79 Å². The summed E-state index contributed by atoms with van der Waals surface area (Å²) in [7, 11) is 1.66. The number of methoxy groups -OCH3 is 1. The van der Waals surface area contributed by atoms with Crippen LogP contribution in [0.3, 0.4) is 0 Å². The maximum atomic E-state index is 11.1. The van der Waals surface area contributed by atoms with E-state index in [1.54, 1.807) is 7.11 Å². The monoisotopic (exact) mass is 237 g/mol.